The van der Waals surface area contributed by atoms with Crippen molar-refractivity contribution in [2.45, 2.75) is 0 Å². The highest BCUT2D eigenvalue weighted by Gasteiger charge is 2.57. The molecule has 0 saturated heterocycles. The molecule has 204 valence electrons. The van der Waals surface area contributed by atoms with Crippen LogP contribution in [0, 0.1) is 0 Å². The van der Waals surface area contributed by atoms with E-state index in [0.717, 1.165) is 0 Å². The van der Waals surface area contributed by atoms with Crippen molar-refractivity contribution >= 4 is 75.1 Å². The Morgan fingerprint density at radius 3 is 1.33 bits per heavy atom. The molecule has 0 N–H and O–H groups in total. The minimum Gasteiger partial charge on any atom is -0.319 e. The van der Waals surface area contributed by atoms with E-state index in [0.29, 0.717) is 0 Å². The number of para-hydroxylation sites is 2. The quantitative estimate of drug-likeness (QED) is 0.221. The van der Waals surface area contributed by atoms with Crippen molar-refractivity contribution in [2.24, 2.45) is 0 Å². The Kier molecular flexibility index (Phi) is 3.90. The zero-order valence-electron chi connectivity index (χ0n) is 24.3. The lowest BCUT2D eigenvalue weighted by Crippen LogP contribution is -2.40. The van der Waals surface area contributed by atoms with E-state index in [1.165, 1.54) is 95.1 Å². The average molecular weight is 567 g/mol. The first kappa shape index (κ1) is 22.8. The molecule has 0 saturated carbocycles. The zero-order chi connectivity index (χ0) is 29.0. The summed E-state index contributed by atoms with van der Waals surface area (Å²) >= 11 is 0. The normalized spacial score (nSPS) is 16.5. The molecule has 0 atom stereocenters. The van der Waals surface area contributed by atoms with E-state index in [2.05, 4.69) is 154 Å². The standard InChI is InChI=1S/C40H23B2N3/c1-2-12-24(13-3-1)25-22-34-38-35(23-25)44-33-21-11-9-19-31(33)42-29-17-7-5-15-27(29)37(40(42)44)45(38)36-26-14-4-6-16-28(26)41-30-18-8-10-20-32(30)43(34)39(36)41/h1-23H. The molecular formula is C40H23B2N3. The van der Waals surface area contributed by atoms with Crippen molar-refractivity contribution < 1.29 is 0 Å². The van der Waals surface area contributed by atoms with E-state index < -0.39 is 0 Å². The minimum atomic E-state index is 0.209. The van der Waals surface area contributed by atoms with Gasteiger partial charge in [0.25, 0.3) is 13.4 Å². The van der Waals surface area contributed by atoms with Crippen LogP contribution >= 0.6 is 0 Å². The number of hydrogen-bond acceptors (Lipinski definition) is 3. The fourth-order valence-corrected chi connectivity index (χ4v) is 9.30. The Hall–Kier alpha value is -5.67. The van der Waals surface area contributed by atoms with E-state index >= 15 is 0 Å². The number of fused-ring (bicyclic) bond motifs is 16. The Morgan fingerprint density at radius 1 is 0.356 bits per heavy atom. The van der Waals surface area contributed by atoms with Crippen LogP contribution in [0.3, 0.4) is 0 Å². The van der Waals surface area contributed by atoms with Crippen LogP contribution < -0.4 is 36.6 Å². The molecule has 12 rings (SSSR count). The number of nitrogens with zero attached hydrogens (tertiary/aromatic N) is 3. The molecule has 0 amide bonds. The molecule has 3 nitrogen and oxygen atoms in total. The highest BCUT2D eigenvalue weighted by molar-refractivity contribution is 6.98. The van der Waals surface area contributed by atoms with Gasteiger partial charge in [-0.15, -0.1) is 0 Å². The maximum Gasteiger partial charge on any atom is 0.268 e. The maximum atomic E-state index is 2.67. The first-order chi connectivity index (χ1) is 22.4. The van der Waals surface area contributed by atoms with Crippen molar-refractivity contribution in [3.8, 4) is 11.1 Å². The molecule has 0 unspecified atom stereocenters. The summed E-state index contributed by atoms with van der Waals surface area (Å²) in [6.07, 6.45) is 0. The fourth-order valence-electron chi connectivity index (χ4n) is 9.30. The first-order valence-corrected chi connectivity index (χ1v) is 15.9. The van der Waals surface area contributed by atoms with Gasteiger partial charge in [0.05, 0.1) is 28.5 Å². The van der Waals surface area contributed by atoms with Crippen LogP contribution in [0.1, 0.15) is 11.1 Å². The maximum absolute atomic E-state index is 2.67. The van der Waals surface area contributed by atoms with E-state index in [-0.39, 0.29) is 13.4 Å². The van der Waals surface area contributed by atoms with E-state index in [1.54, 1.807) is 0 Å². The summed E-state index contributed by atoms with van der Waals surface area (Å²) in [5.74, 6) is 0. The van der Waals surface area contributed by atoms with Gasteiger partial charge in [0, 0.05) is 22.6 Å². The van der Waals surface area contributed by atoms with Gasteiger partial charge in [0.15, 0.2) is 0 Å². The monoisotopic (exact) mass is 567 g/mol. The molecule has 0 fully saturated rings. The van der Waals surface area contributed by atoms with Gasteiger partial charge in [0.1, 0.15) is 0 Å². The van der Waals surface area contributed by atoms with Gasteiger partial charge in [-0.2, -0.15) is 0 Å². The van der Waals surface area contributed by atoms with E-state index in [1.807, 2.05) is 0 Å². The number of benzene rings is 6. The largest absolute Gasteiger partial charge is 0.319 e. The van der Waals surface area contributed by atoms with Crippen LogP contribution in [-0.4, -0.2) is 13.4 Å². The van der Waals surface area contributed by atoms with Gasteiger partial charge < -0.3 is 14.7 Å². The van der Waals surface area contributed by atoms with Crippen LogP contribution in [0.4, 0.5) is 28.4 Å². The molecule has 6 heterocycles. The molecule has 45 heavy (non-hydrogen) atoms. The lowest BCUT2D eigenvalue weighted by atomic mass is 9.41. The van der Waals surface area contributed by atoms with Crippen molar-refractivity contribution in [2.75, 3.05) is 14.7 Å². The number of rotatable bonds is 1. The number of anilines is 5. The molecule has 6 aliphatic rings. The fraction of sp³-hybridized carbons (Fsp3) is 0. The predicted molar refractivity (Wildman–Crippen MR) is 188 cm³/mol. The number of hydrogen-bond donors (Lipinski definition) is 0. The molecule has 0 aliphatic carbocycles. The first-order valence-electron chi connectivity index (χ1n) is 15.9. The van der Waals surface area contributed by atoms with Crippen molar-refractivity contribution in [1.29, 1.82) is 0 Å². The third-order valence-corrected chi connectivity index (χ3v) is 10.9. The van der Waals surface area contributed by atoms with Gasteiger partial charge in [-0.05, 0) is 57.4 Å². The summed E-state index contributed by atoms with van der Waals surface area (Å²) in [5, 5.41) is 0. The van der Waals surface area contributed by atoms with Crippen LogP contribution in [-0.2, 0) is 0 Å². The summed E-state index contributed by atoms with van der Waals surface area (Å²) in [4.78, 5) is 7.87. The summed E-state index contributed by atoms with van der Waals surface area (Å²) in [6, 6.07) is 52.1. The van der Waals surface area contributed by atoms with Gasteiger partial charge in [-0.3, -0.25) is 0 Å². The molecule has 0 spiro atoms. The third-order valence-electron chi connectivity index (χ3n) is 10.9. The van der Waals surface area contributed by atoms with Crippen LogP contribution in [0.5, 0.6) is 0 Å². The SMILES string of the molecule is c1ccc(-c2cc3c4c(c2)N2C5=C(c6ccccc6B5c5ccccc52)N4C2=C4B(c5ccccc52)c2ccccc2N43)cc1. The summed E-state index contributed by atoms with van der Waals surface area (Å²) in [5.41, 5.74) is 22.6. The second-order valence-electron chi connectivity index (χ2n) is 12.9. The van der Waals surface area contributed by atoms with Gasteiger partial charge in [-0.25, -0.2) is 0 Å². The Labute approximate surface area is 262 Å². The van der Waals surface area contributed by atoms with Gasteiger partial charge >= 0.3 is 0 Å². The highest BCUT2D eigenvalue weighted by atomic mass is 15.3. The van der Waals surface area contributed by atoms with Crippen molar-refractivity contribution in [1.82, 2.24) is 0 Å². The predicted octanol–water partition coefficient (Wildman–Crippen LogP) is 6.15. The van der Waals surface area contributed by atoms with Crippen LogP contribution in [0.15, 0.2) is 151 Å². The Bertz CT molecular complexity index is 2280. The second kappa shape index (κ2) is 7.69. The van der Waals surface area contributed by atoms with E-state index in [4.69, 9.17) is 0 Å². The lowest BCUT2D eigenvalue weighted by molar-refractivity contribution is 1.13. The van der Waals surface area contributed by atoms with Crippen LogP contribution in [0.2, 0.25) is 0 Å². The molecule has 0 bridgehead atoms. The second-order valence-corrected chi connectivity index (χ2v) is 12.9. The summed E-state index contributed by atoms with van der Waals surface area (Å²) in [6.45, 7) is 0.419. The molecule has 5 heteroatoms. The smallest absolute Gasteiger partial charge is 0.268 e. The van der Waals surface area contributed by atoms with E-state index in [9.17, 15) is 0 Å². The molecule has 6 aromatic carbocycles. The highest BCUT2D eigenvalue weighted by Crippen LogP contribution is 2.63. The van der Waals surface area contributed by atoms with Crippen molar-refractivity contribution in [3.05, 3.63) is 162 Å². The Balaban J connectivity index is 1.28. The molecule has 0 aromatic heterocycles. The molecular weight excluding hydrogens is 544 g/mol. The van der Waals surface area contributed by atoms with Gasteiger partial charge in [0.2, 0.25) is 0 Å². The Morgan fingerprint density at radius 2 is 0.800 bits per heavy atom. The minimum absolute atomic E-state index is 0.209. The molecule has 0 radical (unpaired) electrons. The lowest BCUT2D eigenvalue weighted by Gasteiger charge is -2.46. The summed E-state index contributed by atoms with van der Waals surface area (Å²) in [7, 11) is 0. The third kappa shape index (κ3) is 2.50. The van der Waals surface area contributed by atoms with Crippen LogP contribution in [0.25, 0.3) is 22.5 Å². The van der Waals surface area contributed by atoms with Crippen molar-refractivity contribution in [3.63, 3.8) is 0 Å². The summed E-state index contributed by atoms with van der Waals surface area (Å²) < 4.78 is 0. The zero-order valence-corrected chi connectivity index (χ0v) is 24.3. The molecule has 6 aliphatic heterocycles. The van der Waals surface area contributed by atoms with Gasteiger partial charge in [-0.1, -0.05) is 126 Å². The molecule has 6 aromatic rings. The average Bonchev–Trinajstić information content (AvgIpc) is 3.83. The topological polar surface area (TPSA) is 9.72 Å².